The summed E-state index contributed by atoms with van der Waals surface area (Å²) in [6, 6.07) is 0.721. The summed E-state index contributed by atoms with van der Waals surface area (Å²) in [6.07, 6.45) is 6.62. The van der Waals surface area contributed by atoms with Crippen molar-refractivity contribution >= 4 is 23.4 Å². The SMILES string of the molecule is CC1CCCC(CCl)(NC2CCSC2)C1. The zero-order valence-corrected chi connectivity index (χ0v) is 11.2. The fourth-order valence-electron chi connectivity index (χ4n) is 3.03. The number of halogens is 1. The van der Waals surface area contributed by atoms with Gasteiger partial charge < -0.3 is 5.32 Å². The third kappa shape index (κ3) is 3.04. The number of nitrogens with one attached hydrogen (secondary N) is 1. The predicted octanol–water partition coefficient (Wildman–Crippen LogP) is 3.27. The molecule has 1 heterocycles. The molecule has 1 aliphatic carbocycles. The maximum atomic E-state index is 6.21. The van der Waals surface area contributed by atoms with Gasteiger partial charge in [-0.3, -0.25) is 0 Å². The fourth-order valence-corrected chi connectivity index (χ4v) is 4.50. The van der Waals surface area contributed by atoms with E-state index in [0.29, 0.717) is 0 Å². The van der Waals surface area contributed by atoms with Crippen molar-refractivity contribution in [3.05, 3.63) is 0 Å². The van der Waals surface area contributed by atoms with Gasteiger partial charge in [0.2, 0.25) is 0 Å². The molecule has 0 amide bonds. The molecule has 0 aromatic heterocycles. The van der Waals surface area contributed by atoms with Crippen LogP contribution in [0.3, 0.4) is 0 Å². The molecule has 2 fully saturated rings. The molecule has 0 aromatic carbocycles. The Hall–Kier alpha value is 0.600. The number of rotatable bonds is 3. The molecule has 88 valence electrons. The Kier molecular flexibility index (Phi) is 4.25. The van der Waals surface area contributed by atoms with Gasteiger partial charge in [0.15, 0.2) is 0 Å². The van der Waals surface area contributed by atoms with Gasteiger partial charge in [-0.1, -0.05) is 19.8 Å². The van der Waals surface area contributed by atoms with Gasteiger partial charge >= 0.3 is 0 Å². The molecule has 1 aliphatic heterocycles. The van der Waals surface area contributed by atoms with Gasteiger partial charge in [0.05, 0.1) is 0 Å². The Morgan fingerprint density at radius 3 is 2.93 bits per heavy atom. The lowest BCUT2D eigenvalue weighted by molar-refractivity contribution is 0.194. The molecule has 1 saturated carbocycles. The highest BCUT2D eigenvalue weighted by molar-refractivity contribution is 7.99. The van der Waals surface area contributed by atoms with Crippen LogP contribution in [-0.4, -0.2) is 29.0 Å². The predicted molar refractivity (Wildman–Crippen MR) is 69.9 cm³/mol. The topological polar surface area (TPSA) is 12.0 Å². The van der Waals surface area contributed by atoms with Crippen molar-refractivity contribution in [2.24, 2.45) is 5.92 Å². The van der Waals surface area contributed by atoms with Crippen LogP contribution in [-0.2, 0) is 0 Å². The largest absolute Gasteiger partial charge is 0.306 e. The maximum Gasteiger partial charge on any atom is 0.0406 e. The molecule has 1 N–H and O–H groups in total. The Bertz CT molecular complexity index is 206. The van der Waals surface area contributed by atoms with E-state index in [1.165, 1.54) is 43.6 Å². The van der Waals surface area contributed by atoms with E-state index in [9.17, 15) is 0 Å². The Morgan fingerprint density at radius 2 is 2.33 bits per heavy atom. The van der Waals surface area contributed by atoms with E-state index in [1.807, 2.05) is 0 Å². The molecular formula is C12H22ClNS. The summed E-state index contributed by atoms with van der Waals surface area (Å²) < 4.78 is 0. The minimum absolute atomic E-state index is 0.259. The number of hydrogen-bond donors (Lipinski definition) is 1. The van der Waals surface area contributed by atoms with Gasteiger partial charge in [0, 0.05) is 23.2 Å². The lowest BCUT2D eigenvalue weighted by Gasteiger charge is -2.41. The molecule has 0 spiro atoms. The molecule has 1 saturated heterocycles. The second-order valence-corrected chi connectivity index (χ2v) is 6.74. The van der Waals surface area contributed by atoms with E-state index >= 15 is 0 Å². The molecule has 0 aromatic rings. The van der Waals surface area contributed by atoms with Crippen LogP contribution in [0.25, 0.3) is 0 Å². The molecule has 0 bridgehead atoms. The summed E-state index contributed by atoms with van der Waals surface area (Å²) in [7, 11) is 0. The first kappa shape index (κ1) is 12.1. The number of hydrogen-bond acceptors (Lipinski definition) is 2. The minimum Gasteiger partial charge on any atom is -0.306 e. The molecule has 2 rings (SSSR count). The van der Waals surface area contributed by atoms with Crippen LogP contribution in [0.5, 0.6) is 0 Å². The van der Waals surface area contributed by atoms with Crippen molar-refractivity contribution in [2.75, 3.05) is 17.4 Å². The summed E-state index contributed by atoms with van der Waals surface area (Å²) in [5.74, 6) is 4.25. The third-order valence-electron chi connectivity index (χ3n) is 3.79. The van der Waals surface area contributed by atoms with E-state index in [4.69, 9.17) is 11.6 Å². The van der Waals surface area contributed by atoms with Crippen LogP contribution >= 0.6 is 23.4 Å². The van der Waals surface area contributed by atoms with Crippen LogP contribution < -0.4 is 5.32 Å². The van der Waals surface area contributed by atoms with Crippen molar-refractivity contribution in [3.8, 4) is 0 Å². The molecule has 15 heavy (non-hydrogen) atoms. The second-order valence-electron chi connectivity index (χ2n) is 5.32. The molecule has 3 atom stereocenters. The lowest BCUT2D eigenvalue weighted by atomic mass is 9.77. The second kappa shape index (κ2) is 5.29. The minimum atomic E-state index is 0.259. The standard InChI is InChI=1S/C12H22ClNS/c1-10-3-2-5-12(7-10,9-13)14-11-4-6-15-8-11/h10-11,14H,2-9H2,1H3. The average molecular weight is 248 g/mol. The van der Waals surface area contributed by atoms with Gasteiger partial charge in [0.25, 0.3) is 0 Å². The van der Waals surface area contributed by atoms with E-state index in [1.54, 1.807) is 0 Å². The van der Waals surface area contributed by atoms with Gasteiger partial charge in [-0.05, 0) is 30.9 Å². The fraction of sp³-hybridized carbons (Fsp3) is 1.00. The highest BCUT2D eigenvalue weighted by atomic mass is 35.5. The monoisotopic (exact) mass is 247 g/mol. The van der Waals surface area contributed by atoms with E-state index < -0.39 is 0 Å². The van der Waals surface area contributed by atoms with Gasteiger partial charge in [-0.2, -0.15) is 11.8 Å². The summed E-state index contributed by atoms with van der Waals surface area (Å²) in [5, 5.41) is 3.86. The molecule has 3 heteroatoms. The van der Waals surface area contributed by atoms with Crippen molar-refractivity contribution in [3.63, 3.8) is 0 Å². The Morgan fingerprint density at radius 1 is 1.47 bits per heavy atom. The van der Waals surface area contributed by atoms with E-state index in [2.05, 4.69) is 24.0 Å². The highest BCUT2D eigenvalue weighted by Gasteiger charge is 2.36. The van der Waals surface area contributed by atoms with Crippen molar-refractivity contribution in [1.82, 2.24) is 5.32 Å². The highest BCUT2D eigenvalue weighted by Crippen LogP contribution is 2.34. The van der Waals surface area contributed by atoms with Crippen LogP contribution in [0.2, 0.25) is 0 Å². The lowest BCUT2D eigenvalue weighted by Crippen LogP contribution is -2.54. The van der Waals surface area contributed by atoms with Crippen LogP contribution in [0.4, 0.5) is 0 Å². The number of alkyl halides is 1. The van der Waals surface area contributed by atoms with Crippen molar-refractivity contribution in [1.29, 1.82) is 0 Å². The average Bonchev–Trinajstić information content (AvgIpc) is 2.70. The molecule has 0 radical (unpaired) electrons. The first-order valence-corrected chi connectivity index (χ1v) is 7.84. The summed E-state index contributed by atoms with van der Waals surface area (Å²) in [4.78, 5) is 0. The molecular weight excluding hydrogens is 226 g/mol. The molecule has 2 aliphatic rings. The Labute approximate surface area is 103 Å². The van der Waals surface area contributed by atoms with Gasteiger partial charge in [-0.25, -0.2) is 0 Å². The van der Waals surface area contributed by atoms with Crippen molar-refractivity contribution in [2.45, 2.75) is 50.6 Å². The molecule has 1 nitrogen and oxygen atoms in total. The Balaban J connectivity index is 1.93. The van der Waals surface area contributed by atoms with Crippen LogP contribution in [0.15, 0.2) is 0 Å². The number of thioether (sulfide) groups is 1. The van der Waals surface area contributed by atoms with Gasteiger partial charge in [0.1, 0.15) is 0 Å². The van der Waals surface area contributed by atoms with Crippen molar-refractivity contribution < 1.29 is 0 Å². The zero-order chi connectivity index (χ0) is 10.7. The van der Waals surface area contributed by atoms with Crippen LogP contribution in [0, 0.1) is 5.92 Å². The summed E-state index contributed by atoms with van der Waals surface area (Å²) in [5.41, 5.74) is 0.259. The first-order chi connectivity index (χ1) is 7.24. The normalized spacial score (nSPS) is 42.0. The quantitative estimate of drug-likeness (QED) is 0.769. The zero-order valence-electron chi connectivity index (χ0n) is 9.60. The summed E-state index contributed by atoms with van der Waals surface area (Å²) >= 11 is 8.29. The first-order valence-electron chi connectivity index (χ1n) is 6.15. The van der Waals surface area contributed by atoms with E-state index in [-0.39, 0.29) is 5.54 Å². The van der Waals surface area contributed by atoms with Gasteiger partial charge in [-0.15, -0.1) is 11.6 Å². The summed E-state index contributed by atoms with van der Waals surface area (Å²) in [6.45, 7) is 2.37. The smallest absolute Gasteiger partial charge is 0.0406 e. The third-order valence-corrected chi connectivity index (χ3v) is 5.46. The van der Waals surface area contributed by atoms with Crippen LogP contribution in [0.1, 0.15) is 39.0 Å². The maximum absolute atomic E-state index is 6.21. The van der Waals surface area contributed by atoms with E-state index in [0.717, 1.165) is 17.8 Å². The molecule has 3 unspecified atom stereocenters.